The van der Waals surface area contributed by atoms with E-state index in [2.05, 4.69) is 23.7 Å². The van der Waals surface area contributed by atoms with Gasteiger partial charge in [0.2, 0.25) is 0 Å². The largest absolute Gasteiger partial charge is 0.507 e. The number of fused-ring (bicyclic) bond motifs is 2. The second kappa shape index (κ2) is 3.14. The molecule has 1 aromatic carbocycles. The normalized spacial score (nSPS) is 14.2. The average Bonchev–Trinajstić information content (AvgIpc) is 2.83. The van der Waals surface area contributed by atoms with Crippen molar-refractivity contribution in [1.29, 1.82) is 0 Å². The Hall–Kier alpha value is -1.22. The van der Waals surface area contributed by atoms with Crippen LogP contribution in [-0.4, -0.2) is 11.7 Å². The van der Waals surface area contributed by atoms with Gasteiger partial charge in [-0.1, -0.05) is 6.92 Å². The van der Waals surface area contributed by atoms with Crippen LogP contribution in [0.25, 0.3) is 10.1 Å². The molecular weight excluding hydrogens is 206 g/mol. The number of anilines is 1. The number of aromatic hydroxyl groups is 1. The summed E-state index contributed by atoms with van der Waals surface area (Å²) in [6.07, 6.45) is 1.93. The molecule has 15 heavy (non-hydrogen) atoms. The minimum atomic E-state index is 0.505. The number of benzene rings is 1. The number of phenolic OH excluding ortho intramolecular Hbond substituents is 1. The van der Waals surface area contributed by atoms with Crippen molar-refractivity contribution in [2.24, 2.45) is 0 Å². The number of thiophene rings is 1. The fourth-order valence-corrected chi connectivity index (χ4v) is 3.36. The molecular formula is C12H13NOS. The van der Waals surface area contributed by atoms with Crippen LogP contribution >= 0.6 is 11.3 Å². The summed E-state index contributed by atoms with van der Waals surface area (Å²) in [6, 6.07) is 2.17. The molecule has 3 rings (SSSR count). The van der Waals surface area contributed by atoms with Crippen LogP contribution in [0.4, 0.5) is 5.69 Å². The molecule has 1 aromatic heterocycles. The number of hydrogen-bond acceptors (Lipinski definition) is 3. The molecule has 0 bridgehead atoms. The smallest absolute Gasteiger partial charge is 0.129 e. The highest BCUT2D eigenvalue weighted by Gasteiger charge is 2.19. The van der Waals surface area contributed by atoms with Crippen LogP contribution in [0.5, 0.6) is 5.75 Å². The number of rotatable bonds is 1. The van der Waals surface area contributed by atoms with Gasteiger partial charge in [-0.25, -0.2) is 0 Å². The molecule has 78 valence electrons. The summed E-state index contributed by atoms with van der Waals surface area (Å²) in [5, 5.41) is 16.8. The quantitative estimate of drug-likeness (QED) is 0.772. The van der Waals surface area contributed by atoms with Gasteiger partial charge in [-0.05, 0) is 29.9 Å². The molecule has 0 atom stereocenters. The molecule has 2 aromatic rings. The molecule has 0 saturated heterocycles. The standard InChI is InChI=1S/C12H13NOS/c1-2-7-6-15-10-5-9-8(3-4-13-9)12(14)11(7)10/h5-6,13-14H,2-4H2,1H3. The van der Waals surface area contributed by atoms with Gasteiger partial charge in [0.15, 0.2) is 0 Å². The first-order valence-corrected chi connectivity index (χ1v) is 6.18. The fraction of sp³-hybridized carbons (Fsp3) is 0.333. The number of nitrogens with one attached hydrogen (secondary N) is 1. The zero-order chi connectivity index (χ0) is 10.4. The third-order valence-electron chi connectivity index (χ3n) is 3.09. The zero-order valence-electron chi connectivity index (χ0n) is 8.63. The lowest BCUT2D eigenvalue weighted by Crippen LogP contribution is -1.90. The van der Waals surface area contributed by atoms with Crippen molar-refractivity contribution in [1.82, 2.24) is 0 Å². The van der Waals surface area contributed by atoms with E-state index < -0.39 is 0 Å². The van der Waals surface area contributed by atoms with E-state index in [1.54, 1.807) is 11.3 Å². The van der Waals surface area contributed by atoms with Gasteiger partial charge in [0.05, 0.1) is 0 Å². The Bertz CT molecular complexity index is 530. The highest BCUT2D eigenvalue weighted by atomic mass is 32.1. The van der Waals surface area contributed by atoms with E-state index in [1.165, 1.54) is 10.3 Å². The first-order chi connectivity index (χ1) is 7.31. The molecule has 0 radical (unpaired) electrons. The molecule has 3 heteroatoms. The topological polar surface area (TPSA) is 32.3 Å². The number of aryl methyl sites for hydroxylation is 1. The lowest BCUT2D eigenvalue weighted by molar-refractivity contribution is 0.476. The monoisotopic (exact) mass is 219 g/mol. The van der Waals surface area contributed by atoms with Crippen LogP contribution in [-0.2, 0) is 12.8 Å². The highest BCUT2D eigenvalue weighted by Crippen LogP contribution is 2.42. The third-order valence-corrected chi connectivity index (χ3v) is 4.07. The molecule has 1 aliphatic heterocycles. The maximum Gasteiger partial charge on any atom is 0.129 e. The van der Waals surface area contributed by atoms with E-state index >= 15 is 0 Å². The summed E-state index contributed by atoms with van der Waals surface area (Å²) in [5.41, 5.74) is 3.47. The first kappa shape index (κ1) is 9.04. The predicted molar refractivity (Wildman–Crippen MR) is 65.1 cm³/mol. The lowest BCUT2D eigenvalue weighted by atomic mass is 10.0. The SMILES string of the molecule is CCc1csc2cc3c(c(O)c12)CCN3. The Morgan fingerprint density at radius 1 is 1.53 bits per heavy atom. The molecule has 2 heterocycles. The number of phenols is 1. The molecule has 0 unspecified atom stereocenters. The van der Waals surface area contributed by atoms with Crippen molar-refractivity contribution >= 4 is 27.1 Å². The van der Waals surface area contributed by atoms with Gasteiger partial charge in [0.1, 0.15) is 5.75 Å². The van der Waals surface area contributed by atoms with Gasteiger partial charge in [0, 0.05) is 27.9 Å². The van der Waals surface area contributed by atoms with Crippen molar-refractivity contribution in [2.75, 3.05) is 11.9 Å². The Morgan fingerprint density at radius 3 is 3.20 bits per heavy atom. The van der Waals surface area contributed by atoms with Crippen molar-refractivity contribution in [3.05, 3.63) is 22.6 Å². The zero-order valence-corrected chi connectivity index (χ0v) is 9.45. The Balaban J connectivity index is 2.39. The average molecular weight is 219 g/mol. The molecule has 2 nitrogen and oxygen atoms in total. The van der Waals surface area contributed by atoms with Crippen LogP contribution in [0, 0.1) is 0 Å². The molecule has 0 saturated carbocycles. The maximum atomic E-state index is 10.2. The van der Waals surface area contributed by atoms with E-state index in [1.807, 2.05) is 0 Å². The highest BCUT2D eigenvalue weighted by molar-refractivity contribution is 7.17. The second-order valence-corrected chi connectivity index (χ2v) is 4.83. The molecule has 0 aliphatic carbocycles. The summed E-state index contributed by atoms with van der Waals surface area (Å²) >= 11 is 1.72. The molecule has 0 spiro atoms. The maximum absolute atomic E-state index is 10.2. The van der Waals surface area contributed by atoms with Crippen LogP contribution in [0.3, 0.4) is 0 Å². The minimum absolute atomic E-state index is 0.505. The van der Waals surface area contributed by atoms with Crippen LogP contribution in [0.2, 0.25) is 0 Å². The van der Waals surface area contributed by atoms with Gasteiger partial charge in [-0.3, -0.25) is 0 Å². The van der Waals surface area contributed by atoms with Gasteiger partial charge in [0.25, 0.3) is 0 Å². The Kier molecular flexibility index (Phi) is 1.89. The summed E-state index contributed by atoms with van der Waals surface area (Å²) < 4.78 is 1.19. The van der Waals surface area contributed by atoms with Gasteiger partial charge in [-0.15, -0.1) is 11.3 Å². The minimum Gasteiger partial charge on any atom is -0.507 e. The summed E-state index contributed by atoms with van der Waals surface area (Å²) in [7, 11) is 0. The van der Waals surface area contributed by atoms with E-state index in [-0.39, 0.29) is 0 Å². The van der Waals surface area contributed by atoms with Crippen molar-refractivity contribution < 1.29 is 5.11 Å². The number of hydrogen-bond donors (Lipinski definition) is 2. The van der Waals surface area contributed by atoms with E-state index in [4.69, 9.17) is 0 Å². The van der Waals surface area contributed by atoms with Crippen molar-refractivity contribution in [2.45, 2.75) is 19.8 Å². The van der Waals surface area contributed by atoms with Crippen LogP contribution < -0.4 is 5.32 Å². The van der Waals surface area contributed by atoms with Crippen LogP contribution in [0.15, 0.2) is 11.4 Å². The molecule has 1 aliphatic rings. The van der Waals surface area contributed by atoms with Crippen molar-refractivity contribution in [3.63, 3.8) is 0 Å². The Labute approximate surface area is 92.6 Å². The van der Waals surface area contributed by atoms with Crippen molar-refractivity contribution in [3.8, 4) is 5.75 Å². The predicted octanol–water partition coefficient (Wildman–Crippen LogP) is 3.14. The second-order valence-electron chi connectivity index (χ2n) is 3.92. The van der Waals surface area contributed by atoms with Gasteiger partial charge in [-0.2, -0.15) is 0 Å². The summed E-state index contributed by atoms with van der Waals surface area (Å²) in [6.45, 7) is 3.08. The first-order valence-electron chi connectivity index (χ1n) is 5.30. The van der Waals surface area contributed by atoms with E-state index in [9.17, 15) is 5.11 Å². The van der Waals surface area contributed by atoms with Gasteiger partial charge < -0.3 is 10.4 Å². The Morgan fingerprint density at radius 2 is 2.40 bits per heavy atom. The fourth-order valence-electron chi connectivity index (χ4n) is 2.28. The third kappa shape index (κ3) is 1.16. The lowest BCUT2D eigenvalue weighted by Gasteiger charge is -2.05. The molecule has 2 N–H and O–H groups in total. The molecule has 0 amide bonds. The summed E-state index contributed by atoms with van der Waals surface area (Å²) in [4.78, 5) is 0. The molecule has 0 fully saturated rings. The van der Waals surface area contributed by atoms with Crippen LogP contribution in [0.1, 0.15) is 18.1 Å². The van der Waals surface area contributed by atoms with E-state index in [0.717, 1.165) is 36.0 Å². The summed E-state index contributed by atoms with van der Waals surface area (Å²) in [5.74, 6) is 0.505. The van der Waals surface area contributed by atoms with E-state index in [0.29, 0.717) is 5.75 Å². The van der Waals surface area contributed by atoms with Gasteiger partial charge >= 0.3 is 0 Å².